The summed E-state index contributed by atoms with van der Waals surface area (Å²) in [4.78, 5) is 2.44. The molecule has 0 saturated carbocycles. The molecule has 0 radical (unpaired) electrons. The van der Waals surface area contributed by atoms with Crippen LogP contribution < -0.4 is 0 Å². The van der Waals surface area contributed by atoms with E-state index in [1.54, 1.807) is 0 Å². The summed E-state index contributed by atoms with van der Waals surface area (Å²) in [7, 11) is 0. The zero-order valence-electron chi connectivity index (χ0n) is 7.77. The number of allylic oxidation sites excluding steroid dienone is 1. The van der Waals surface area contributed by atoms with E-state index in [1.807, 2.05) is 0 Å². The van der Waals surface area contributed by atoms with Crippen molar-refractivity contribution in [1.82, 2.24) is 4.90 Å². The molecule has 0 N–H and O–H groups in total. The van der Waals surface area contributed by atoms with Gasteiger partial charge in [-0.2, -0.15) is 0 Å². The first-order chi connectivity index (χ1) is 5.20. The SMILES string of the molecule is C=C1CCCCN1CC(C)C. The van der Waals surface area contributed by atoms with Gasteiger partial charge >= 0.3 is 0 Å². The number of rotatable bonds is 2. The van der Waals surface area contributed by atoms with E-state index < -0.39 is 0 Å². The zero-order valence-corrected chi connectivity index (χ0v) is 7.77. The fraction of sp³-hybridized carbons (Fsp3) is 0.800. The Bertz CT molecular complexity index is 138. The Kier molecular flexibility index (Phi) is 2.98. The van der Waals surface area contributed by atoms with E-state index in [4.69, 9.17) is 0 Å². The third-order valence-electron chi connectivity index (χ3n) is 2.18. The van der Waals surface area contributed by atoms with Crippen LogP contribution in [-0.2, 0) is 0 Å². The van der Waals surface area contributed by atoms with Crippen LogP contribution in [0.25, 0.3) is 0 Å². The molecule has 0 aliphatic carbocycles. The Morgan fingerprint density at radius 1 is 1.45 bits per heavy atom. The van der Waals surface area contributed by atoms with Crippen molar-refractivity contribution in [3.8, 4) is 0 Å². The molecule has 0 atom stereocenters. The Balaban J connectivity index is 2.36. The first-order valence-electron chi connectivity index (χ1n) is 4.63. The van der Waals surface area contributed by atoms with Gasteiger partial charge in [0.25, 0.3) is 0 Å². The van der Waals surface area contributed by atoms with Gasteiger partial charge in [-0.1, -0.05) is 20.4 Å². The fourth-order valence-electron chi connectivity index (χ4n) is 1.61. The summed E-state index contributed by atoms with van der Waals surface area (Å²) in [5, 5.41) is 0. The molecule has 1 fully saturated rings. The summed E-state index contributed by atoms with van der Waals surface area (Å²) in [6.45, 7) is 11.0. The minimum Gasteiger partial charge on any atom is -0.375 e. The first-order valence-corrected chi connectivity index (χ1v) is 4.63. The number of hydrogen-bond donors (Lipinski definition) is 0. The van der Waals surface area contributed by atoms with Gasteiger partial charge in [0.1, 0.15) is 0 Å². The van der Waals surface area contributed by atoms with Crippen LogP contribution in [0.5, 0.6) is 0 Å². The van der Waals surface area contributed by atoms with E-state index in [2.05, 4.69) is 25.3 Å². The zero-order chi connectivity index (χ0) is 8.27. The molecule has 1 nitrogen and oxygen atoms in total. The molecule has 0 aromatic heterocycles. The van der Waals surface area contributed by atoms with Crippen LogP contribution in [0, 0.1) is 5.92 Å². The lowest BCUT2D eigenvalue weighted by molar-refractivity contribution is 0.263. The second-order valence-electron chi connectivity index (χ2n) is 3.86. The minimum absolute atomic E-state index is 0.768. The molecule has 0 aromatic carbocycles. The molecular formula is C10H19N. The van der Waals surface area contributed by atoms with Gasteiger partial charge in [-0.15, -0.1) is 0 Å². The number of piperidine rings is 1. The molecule has 0 spiro atoms. The van der Waals surface area contributed by atoms with Crippen LogP contribution in [0.1, 0.15) is 33.1 Å². The fourth-order valence-corrected chi connectivity index (χ4v) is 1.61. The average Bonchev–Trinajstić information content (AvgIpc) is 1.93. The Hall–Kier alpha value is -0.460. The van der Waals surface area contributed by atoms with Crippen molar-refractivity contribution in [2.45, 2.75) is 33.1 Å². The third kappa shape index (κ3) is 2.57. The predicted molar refractivity (Wildman–Crippen MR) is 49.4 cm³/mol. The van der Waals surface area contributed by atoms with Crippen molar-refractivity contribution in [3.05, 3.63) is 12.3 Å². The summed E-state index contributed by atoms with van der Waals surface area (Å²) in [6.07, 6.45) is 3.91. The summed E-state index contributed by atoms with van der Waals surface area (Å²) in [5.41, 5.74) is 1.35. The van der Waals surface area contributed by atoms with E-state index in [0.29, 0.717) is 0 Å². The van der Waals surface area contributed by atoms with Crippen LogP contribution >= 0.6 is 0 Å². The Morgan fingerprint density at radius 2 is 2.18 bits per heavy atom. The molecule has 0 aromatic rings. The van der Waals surface area contributed by atoms with Crippen molar-refractivity contribution < 1.29 is 0 Å². The maximum Gasteiger partial charge on any atom is 0.0197 e. The maximum absolute atomic E-state index is 4.07. The summed E-state index contributed by atoms with van der Waals surface area (Å²) < 4.78 is 0. The number of nitrogens with zero attached hydrogens (tertiary/aromatic N) is 1. The lowest BCUT2D eigenvalue weighted by Crippen LogP contribution is -2.30. The van der Waals surface area contributed by atoms with Gasteiger partial charge in [0.2, 0.25) is 0 Å². The molecule has 1 aliphatic heterocycles. The summed E-state index contributed by atoms with van der Waals surface area (Å²) >= 11 is 0. The van der Waals surface area contributed by atoms with E-state index in [-0.39, 0.29) is 0 Å². The summed E-state index contributed by atoms with van der Waals surface area (Å²) in [6, 6.07) is 0. The molecule has 0 amide bonds. The molecule has 11 heavy (non-hydrogen) atoms. The van der Waals surface area contributed by atoms with Crippen molar-refractivity contribution in [2.75, 3.05) is 13.1 Å². The van der Waals surface area contributed by atoms with Gasteiger partial charge in [0, 0.05) is 18.8 Å². The normalized spacial score (nSPS) is 19.5. The second-order valence-corrected chi connectivity index (χ2v) is 3.86. The van der Waals surface area contributed by atoms with Crippen LogP contribution in [-0.4, -0.2) is 18.0 Å². The summed E-state index contributed by atoms with van der Waals surface area (Å²) in [5.74, 6) is 0.768. The highest BCUT2D eigenvalue weighted by atomic mass is 15.1. The quantitative estimate of drug-likeness (QED) is 0.589. The highest BCUT2D eigenvalue weighted by molar-refractivity contribution is 4.96. The molecular weight excluding hydrogens is 134 g/mol. The van der Waals surface area contributed by atoms with Crippen molar-refractivity contribution in [1.29, 1.82) is 0 Å². The third-order valence-corrected chi connectivity index (χ3v) is 2.18. The molecule has 1 rings (SSSR count). The Labute approximate surface area is 70.1 Å². The minimum atomic E-state index is 0.768. The van der Waals surface area contributed by atoms with Crippen LogP contribution in [0.3, 0.4) is 0 Å². The smallest absolute Gasteiger partial charge is 0.0197 e. The molecule has 0 unspecified atom stereocenters. The van der Waals surface area contributed by atoms with Crippen LogP contribution in [0.4, 0.5) is 0 Å². The van der Waals surface area contributed by atoms with Crippen molar-refractivity contribution in [3.63, 3.8) is 0 Å². The highest BCUT2D eigenvalue weighted by Crippen LogP contribution is 2.19. The predicted octanol–water partition coefficient (Wildman–Crippen LogP) is 2.64. The molecule has 0 bridgehead atoms. The van der Waals surface area contributed by atoms with Gasteiger partial charge in [-0.3, -0.25) is 0 Å². The second kappa shape index (κ2) is 3.80. The lowest BCUT2D eigenvalue weighted by atomic mass is 10.1. The van der Waals surface area contributed by atoms with E-state index in [9.17, 15) is 0 Å². The van der Waals surface area contributed by atoms with Crippen LogP contribution in [0.2, 0.25) is 0 Å². The Morgan fingerprint density at radius 3 is 2.73 bits per heavy atom. The molecule has 1 aliphatic rings. The van der Waals surface area contributed by atoms with E-state index in [1.165, 1.54) is 38.0 Å². The molecule has 64 valence electrons. The van der Waals surface area contributed by atoms with Gasteiger partial charge in [-0.25, -0.2) is 0 Å². The van der Waals surface area contributed by atoms with Gasteiger partial charge in [-0.05, 0) is 25.2 Å². The molecule has 1 heteroatoms. The van der Waals surface area contributed by atoms with E-state index in [0.717, 1.165) is 5.92 Å². The maximum atomic E-state index is 4.07. The largest absolute Gasteiger partial charge is 0.375 e. The lowest BCUT2D eigenvalue weighted by Gasteiger charge is -2.32. The number of likely N-dealkylation sites (tertiary alicyclic amines) is 1. The monoisotopic (exact) mass is 153 g/mol. The first kappa shape index (κ1) is 8.63. The van der Waals surface area contributed by atoms with Crippen molar-refractivity contribution >= 4 is 0 Å². The van der Waals surface area contributed by atoms with E-state index >= 15 is 0 Å². The van der Waals surface area contributed by atoms with Crippen LogP contribution in [0.15, 0.2) is 12.3 Å². The van der Waals surface area contributed by atoms with Gasteiger partial charge in [0.15, 0.2) is 0 Å². The van der Waals surface area contributed by atoms with Crippen molar-refractivity contribution in [2.24, 2.45) is 5.92 Å². The molecule has 1 saturated heterocycles. The van der Waals surface area contributed by atoms with Gasteiger partial charge < -0.3 is 4.90 Å². The molecule has 1 heterocycles. The standard InChI is InChI=1S/C10H19N/c1-9(2)8-11-7-5-4-6-10(11)3/h9H,3-8H2,1-2H3. The topological polar surface area (TPSA) is 3.24 Å². The highest BCUT2D eigenvalue weighted by Gasteiger charge is 2.13. The average molecular weight is 153 g/mol. The number of hydrogen-bond acceptors (Lipinski definition) is 1. The van der Waals surface area contributed by atoms with Gasteiger partial charge in [0.05, 0.1) is 0 Å².